The van der Waals surface area contributed by atoms with E-state index in [9.17, 15) is 0 Å². The SMILES string of the molecule is COc1ccc(-c2nc(C)c(OC)s2)cc1. The quantitative estimate of drug-likeness (QED) is 0.819. The van der Waals surface area contributed by atoms with Gasteiger partial charge in [-0.25, -0.2) is 4.98 Å². The maximum atomic E-state index is 5.22. The molecule has 1 heterocycles. The van der Waals surface area contributed by atoms with E-state index in [0.717, 1.165) is 27.1 Å². The molecule has 0 aliphatic heterocycles. The van der Waals surface area contributed by atoms with Crippen molar-refractivity contribution in [2.75, 3.05) is 14.2 Å². The summed E-state index contributed by atoms with van der Waals surface area (Å²) >= 11 is 1.55. The molecule has 1 aromatic heterocycles. The molecule has 0 radical (unpaired) electrons. The number of nitrogens with zero attached hydrogens (tertiary/aromatic N) is 1. The molecule has 0 fully saturated rings. The van der Waals surface area contributed by atoms with Gasteiger partial charge in [-0.1, -0.05) is 11.3 Å². The highest BCUT2D eigenvalue weighted by Crippen LogP contribution is 2.33. The van der Waals surface area contributed by atoms with Gasteiger partial charge in [0.2, 0.25) is 0 Å². The number of aromatic nitrogens is 1. The zero-order valence-corrected chi connectivity index (χ0v) is 10.3. The molecule has 1 aromatic carbocycles. The van der Waals surface area contributed by atoms with Gasteiger partial charge in [0, 0.05) is 5.56 Å². The molecule has 16 heavy (non-hydrogen) atoms. The van der Waals surface area contributed by atoms with Gasteiger partial charge >= 0.3 is 0 Å². The molecular weight excluding hydrogens is 222 g/mol. The average molecular weight is 235 g/mol. The van der Waals surface area contributed by atoms with Gasteiger partial charge in [0.15, 0.2) is 5.06 Å². The van der Waals surface area contributed by atoms with Crippen LogP contribution in [0.2, 0.25) is 0 Å². The average Bonchev–Trinajstić information content (AvgIpc) is 2.71. The Hall–Kier alpha value is -1.55. The van der Waals surface area contributed by atoms with Crippen molar-refractivity contribution in [1.82, 2.24) is 4.98 Å². The zero-order chi connectivity index (χ0) is 11.5. The number of methoxy groups -OCH3 is 2. The molecule has 0 aliphatic carbocycles. The lowest BCUT2D eigenvalue weighted by molar-refractivity contribution is 0.415. The lowest BCUT2D eigenvalue weighted by Crippen LogP contribution is -1.82. The molecule has 0 saturated carbocycles. The van der Waals surface area contributed by atoms with Crippen LogP contribution in [0.15, 0.2) is 24.3 Å². The van der Waals surface area contributed by atoms with E-state index in [1.807, 2.05) is 31.2 Å². The van der Waals surface area contributed by atoms with E-state index in [0.29, 0.717) is 0 Å². The molecule has 3 nitrogen and oxygen atoms in total. The fourth-order valence-electron chi connectivity index (χ4n) is 1.43. The number of hydrogen-bond acceptors (Lipinski definition) is 4. The van der Waals surface area contributed by atoms with E-state index < -0.39 is 0 Å². The lowest BCUT2D eigenvalue weighted by atomic mass is 10.2. The predicted molar refractivity (Wildman–Crippen MR) is 65.4 cm³/mol. The summed E-state index contributed by atoms with van der Waals surface area (Å²) in [4.78, 5) is 4.46. The normalized spacial score (nSPS) is 10.2. The van der Waals surface area contributed by atoms with Crippen molar-refractivity contribution in [2.24, 2.45) is 0 Å². The van der Waals surface area contributed by atoms with Gasteiger partial charge in [-0.3, -0.25) is 0 Å². The zero-order valence-electron chi connectivity index (χ0n) is 9.48. The first-order chi connectivity index (χ1) is 7.74. The minimum Gasteiger partial charge on any atom is -0.497 e. The van der Waals surface area contributed by atoms with Gasteiger partial charge in [0.25, 0.3) is 0 Å². The van der Waals surface area contributed by atoms with Gasteiger partial charge in [-0.15, -0.1) is 0 Å². The smallest absolute Gasteiger partial charge is 0.197 e. The topological polar surface area (TPSA) is 31.4 Å². The van der Waals surface area contributed by atoms with E-state index in [2.05, 4.69) is 4.98 Å². The van der Waals surface area contributed by atoms with Crippen LogP contribution in [0.25, 0.3) is 10.6 Å². The van der Waals surface area contributed by atoms with Crippen molar-refractivity contribution < 1.29 is 9.47 Å². The second-order valence-electron chi connectivity index (χ2n) is 3.32. The number of benzene rings is 1. The summed E-state index contributed by atoms with van der Waals surface area (Å²) in [5, 5.41) is 1.84. The van der Waals surface area contributed by atoms with E-state index in [4.69, 9.17) is 9.47 Å². The molecular formula is C12H13NO2S. The molecule has 0 aliphatic rings. The number of rotatable bonds is 3. The van der Waals surface area contributed by atoms with Crippen LogP contribution in [0.5, 0.6) is 10.8 Å². The Morgan fingerprint density at radius 2 is 1.75 bits per heavy atom. The van der Waals surface area contributed by atoms with Gasteiger partial charge in [-0.2, -0.15) is 0 Å². The van der Waals surface area contributed by atoms with E-state index >= 15 is 0 Å². The Balaban J connectivity index is 2.34. The molecule has 0 bridgehead atoms. The summed E-state index contributed by atoms with van der Waals surface area (Å²) in [5.41, 5.74) is 2.01. The monoisotopic (exact) mass is 235 g/mol. The van der Waals surface area contributed by atoms with Gasteiger partial charge in [-0.05, 0) is 31.2 Å². The highest BCUT2D eigenvalue weighted by molar-refractivity contribution is 7.17. The Morgan fingerprint density at radius 3 is 2.25 bits per heavy atom. The molecule has 2 rings (SSSR count). The molecule has 0 spiro atoms. The third-order valence-corrected chi connectivity index (χ3v) is 3.44. The Kier molecular flexibility index (Phi) is 3.10. The predicted octanol–water partition coefficient (Wildman–Crippen LogP) is 3.14. The third-order valence-electron chi connectivity index (χ3n) is 2.28. The minimum absolute atomic E-state index is 0.851. The second-order valence-corrected chi connectivity index (χ2v) is 4.29. The van der Waals surface area contributed by atoms with Gasteiger partial charge < -0.3 is 9.47 Å². The first-order valence-electron chi connectivity index (χ1n) is 4.90. The Labute approximate surface area is 98.7 Å². The van der Waals surface area contributed by atoms with Crippen LogP contribution < -0.4 is 9.47 Å². The van der Waals surface area contributed by atoms with Crippen molar-refractivity contribution in [3.05, 3.63) is 30.0 Å². The van der Waals surface area contributed by atoms with E-state index in [1.54, 1.807) is 25.6 Å². The molecule has 0 atom stereocenters. The number of thiazole rings is 1. The van der Waals surface area contributed by atoms with Crippen molar-refractivity contribution in [3.63, 3.8) is 0 Å². The summed E-state index contributed by atoms with van der Waals surface area (Å²) in [6.45, 7) is 1.95. The maximum absolute atomic E-state index is 5.22. The molecule has 0 N–H and O–H groups in total. The summed E-state index contributed by atoms with van der Waals surface area (Å²) in [6.07, 6.45) is 0. The number of aryl methyl sites for hydroxylation is 1. The minimum atomic E-state index is 0.851. The standard InChI is InChI=1S/C12H13NO2S/c1-8-12(15-3)16-11(13-8)9-4-6-10(14-2)7-5-9/h4-7H,1-3H3. The lowest BCUT2D eigenvalue weighted by Gasteiger charge is -1.99. The molecule has 0 amide bonds. The molecule has 0 saturated heterocycles. The first kappa shape index (κ1) is 11.0. The number of hydrogen-bond donors (Lipinski definition) is 0. The van der Waals surface area contributed by atoms with Crippen LogP contribution in [-0.2, 0) is 0 Å². The highest BCUT2D eigenvalue weighted by Gasteiger charge is 2.09. The fourth-order valence-corrected chi connectivity index (χ4v) is 2.32. The van der Waals surface area contributed by atoms with Crippen LogP contribution in [0.3, 0.4) is 0 Å². The van der Waals surface area contributed by atoms with Crippen molar-refractivity contribution in [1.29, 1.82) is 0 Å². The third kappa shape index (κ3) is 2.02. The summed E-state index contributed by atoms with van der Waals surface area (Å²) in [6, 6.07) is 7.85. The van der Waals surface area contributed by atoms with E-state index in [-0.39, 0.29) is 0 Å². The summed E-state index contributed by atoms with van der Waals surface area (Å²) in [7, 11) is 3.32. The first-order valence-corrected chi connectivity index (χ1v) is 5.72. The van der Waals surface area contributed by atoms with Crippen LogP contribution in [-0.4, -0.2) is 19.2 Å². The molecule has 4 heteroatoms. The van der Waals surface area contributed by atoms with Crippen LogP contribution in [0.1, 0.15) is 5.69 Å². The molecule has 0 unspecified atom stereocenters. The largest absolute Gasteiger partial charge is 0.497 e. The Morgan fingerprint density at radius 1 is 1.06 bits per heavy atom. The molecule has 84 valence electrons. The van der Waals surface area contributed by atoms with Gasteiger partial charge in [0.1, 0.15) is 10.8 Å². The van der Waals surface area contributed by atoms with E-state index in [1.165, 1.54) is 0 Å². The summed E-state index contributed by atoms with van der Waals surface area (Å²) < 4.78 is 10.3. The van der Waals surface area contributed by atoms with Crippen molar-refractivity contribution >= 4 is 11.3 Å². The van der Waals surface area contributed by atoms with Crippen LogP contribution in [0, 0.1) is 6.92 Å². The van der Waals surface area contributed by atoms with Crippen LogP contribution in [0.4, 0.5) is 0 Å². The molecule has 2 aromatic rings. The number of ether oxygens (including phenoxy) is 2. The fraction of sp³-hybridized carbons (Fsp3) is 0.250. The second kappa shape index (κ2) is 4.53. The van der Waals surface area contributed by atoms with Crippen molar-refractivity contribution in [2.45, 2.75) is 6.92 Å². The summed E-state index contributed by atoms with van der Waals surface area (Å²) in [5.74, 6) is 0.851. The maximum Gasteiger partial charge on any atom is 0.197 e. The van der Waals surface area contributed by atoms with Crippen LogP contribution >= 0.6 is 11.3 Å². The van der Waals surface area contributed by atoms with Gasteiger partial charge in [0.05, 0.1) is 19.9 Å². The van der Waals surface area contributed by atoms with Crippen molar-refractivity contribution in [3.8, 4) is 21.4 Å². The Bertz CT molecular complexity index is 476. The highest BCUT2D eigenvalue weighted by atomic mass is 32.1.